The van der Waals surface area contributed by atoms with Crippen LogP contribution in [0.5, 0.6) is 0 Å². The van der Waals surface area contributed by atoms with Gasteiger partial charge in [-0.1, -0.05) is 6.07 Å². The molecule has 30 heavy (non-hydrogen) atoms. The third-order valence-electron chi connectivity index (χ3n) is 4.59. The molecular formula is C21H22FNO6S. The summed E-state index contributed by atoms with van der Waals surface area (Å²) in [5.41, 5.74) is 0.216. The third kappa shape index (κ3) is 5.10. The van der Waals surface area contributed by atoms with E-state index in [1.807, 2.05) is 0 Å². The molecule has 0 spiro atoms. The van der Waals surface area contributed by atoms with Gasteiger partial charge in [0.15, 0.2) is 12.4 Å². The van der Waals surface area contributed by atoms with E-state index < -0.39 is 34.2 Å². The number of hydrogen-bond donors (Lipinski definition) is 0. The van der Waals surface area contributed by atoms with Crippen LogP contribution in [0, 0.1) is 5.82 Å². The summed E-state index contributed by atoms with van der Waals surface area (Å²) in [7, 11) is -3.82. The van der Waals surface area contributed by atoms with E-state index in [2.05, 4.69) is 0 Å². The normalized spacial score (nSPS) is 20.0. The van der Waals surface area contributed by atoms with Gasteiger partial charge < -0.3 is 9.47 Å². The Hall–Kier alpha value is -2.62. The number of ketones is 1. The van der Waals surface area contributed by atoms with Crippen molar-refractivity contribution in [2.24, 2.45) is 0 Å². The monoisotopic (exact) mass is 435 g/mol. The maximum atomic E-state index is 13.0. The fraction of sp³-hybridized carbons (Fsp3) is 0.333. The number of rotatable bonds is 6. The molecule has 2 atom stereocenters. The summed E-state index contributed by atoms with van der Waals surface area (Å²) in [6.45, 7) is 3.48. The van der Waals surface area contributed by atoms with Gasteiger partial charge in [-0.3, -0.25) is 4.79 Å². The van der Waals surface area contributed by atoms with Crippen molar-refractivity contribution in [1.82, 2.24) is 4.31 Å². The molecule has 2 aromatic carbocycles. The largest absolute Gasteiger partial charge is 0.454 e. The topological polar surface area (TPSA) is 90.0 Å². The molecule has 9 heteroatoms. The number of carbonyl (C=O) groups is 2. The first-order valence-electron chi connectivity index (χ1n) is 9.38. The number of hydrogen-bond acceptors (Lipinski definition) is 6. The molecule has 0 N–H and O–H groups in total. The molecule has 1 aliphatic heterocycles. The van der Waals surface area contributed by atoms with Gasteiger partial charge in [0, 0.05) is 18.7 Å². The van der Waals surface area contributed by atoms with Crippen LogP contribution in [0.4, 0.5) is 4.39 Å². The standard InChI is InChI=1S/C21H22FNO6S/c1-14-11-23(12-15(2)29-14)30(26,27)19-5-3-4-17(10-19)21(25)28-13-20(24)16-6-8-18(22)9-7-16/h3-10,14-15H,11-13H2,1-2H3/t14-,15+. The van der Waals surface area contributed by atoms with E-state index in [9.17, 15) is 22.4 Å². The highest BCUT2D eigenvalue weighted by Crippen LogP contribution is 2.22. The van der Waals surface area contributed by atoms with Gasteiger partial charge in [0.2, 0.25) is 10.0 Å². The highest BCUT2D eigenvalue weighted by atomic mass is 32.2. The van der Waals surface area contributed by atoms with E-state index in [0.717, 1.165) is 12.1 Å². The Morgan fingerprint density at radius 3 is 2.33 bits per heavy atom. The average molecular weight is 435 g/mol. The summed E-state index contributed by atoms with van der Waals surface area (Å²) >= 11 is 0. The first-order chi connectivity index (χ1) is 14.2. The van der Waals surface area contributed by atoms with E-state index >= 15 is 0 Å². The van der Waals surface area contributed by atoms with E-state index in [1.54, 1.807) is 13.8 Å². The Morgan fingerprint density at radius 1 is 1.07 bits per heavy atom. The lowest BCUT2D eigenvalue weighted by molar-refractivity contribution is -0.0440. The Balaban J connectivity index is 1.70. The summed E-state index contributed by atoms with van der Waals surface area (Å²) in [6.07, 6.45) is -0.483. The number of ether oxygens (including phenoxy) is 2. The van der Waals surface area contributed by atoms with Gasteiger partial charge in [-0.05, 0) is 56.3 Å². The molecule has 0 radical (unpaired) electrons. The zero-order valence-electron chi connectivity index (χ0n) is 16.6. The van der Waals surface area contributed by atoms with Crippen molar-refractivity contribution < 1.29 is 31.9 Å². The summed E-state index contributed by atoms with van der Waals surface area (Å²) in [5, 5.41) is 0. The van der Waals surface area contributed by atoms with Crippen LogP contribution in [0.3, 0.4) is 0 Å². The van der Waals surface area contributed by atoms with Crippen LogP contribution in [0.1, 0.15) is 34.6 Å². The van der Waals surface area contributed by atoms with E-state index in [1.165, 1.54) is 40.7 Å². The predicted octanol–water partition coefficient (Wildman–Crippen LogP) is 2.66. The maximum Gasteiger partial charge on any atom is 0.338 e. The molecule has 0 aromatic heterocycles. The zero-order chi connectivity index (χ0) is 21.9. The van der Waals surface area contributed by atoms with Crippen molar-refractivity contribution in [1.29, 1.82) is 0 Å². The van der Waals surface area contributed by atoms with Gasteiger partial charge in [0.05, 0.1) is 22.7 Å². The minimum absolute atomic E-state index is 0.0114. The van der Waals surface area contributed by atoms with Gasteiger partial charge in [0.25, 0.3) is 0 Å². The Kier molecular flexibility index (Phi) is 6.64. The number of benzene rings is 2. The van der Waals surface area contributed by atoms with Crippen LogP contribution in [-0.2, 0) is 19.5 Å². The summed E-state index contributed by atoms with van der Waals surface area (Å²) < 4.78 is 50.8. The van der Waals surface area contributed by atoms with Crippen molar-refractivity contribution in [3.05, 3.63) is 65.5 Å². The van der Waals surface area contributed by atoms with Crippen LogP contribution < -0.4 is 0 Å². The zero-order valence-corrected chi connectivity index (χ0v) is 17.4. The smallest absolute Gasteiger partial charge is 0.338 e. The summed E-state index contributed by atoms with van der Waals surface area (Å²) in [5.74, 6) is -1.81. The SMILES string of the molecule is C[C@@H]1CN(S(=O)(=O)c2cccc(C(=O)OCC(=O)c3ccc(F)cc3)c2)C[C@H](C)O1. The molecule has 0 aliphatic carbocycles. The number of esters is 1. The Labute approximate surface area is 174 Å². The highest BCUT2D eigenvalue weighted by Gasteiger charge is 2.32. The van der Waals surface area contributed by atoms with Crippen LogP contribution in [-0.4, -0.2) is 56.4 Å². The van der Waals surface area contributed by atoms with Crippen molar-refractivity contribution in [3.63, 3.8) is 0 Å². The number of Topliss-reactive ketones (excluding diaryl/α,β-unsaturated/α-hetero) is 1. The first kappa shape index (κ1) is 22.1. The van der Waals surface area contributed by atoms with Crippen molar-refractivity contribution in [2.75, 3.05) is 19.7 Å². The van der Waals surface area contributed by atoms with Crippen molar-refractivity contribution >= 4 is 21.8 Å². The second kappa shape index (κ2) is 9.03. The molecule has 1 aliphatic rings. The second-order valence-electron chi connectivity index (χ2n) is 7.11. The number of nitrogens with zero attached hydrogens (tertiary/aromatic N) is 1. The number of halogens is 1. The number of carbonyl (C=O) groups excluding carboxylic acids is 2. The first-order valence-corrected chi connectivity index (χ1v) is 10.8. The molecule has 1 saturated heterocycles. The van der Waals surface area contributed by atoms with Gasteiger partial charge in [-0.25, -0.2) is 17.6 Å². The lowest BCUT2D eigenvalue weighted by atomic mass is 10.1. The minimum Gasteiger partial charge on any atom is -0.454 e. The number of sulfonamides is 1. The predicted molar refractivity (Wildman–Crippen MR) is 106 cm³/mol. The van der Waals surface area contributed by atoms with Crippen LogP contribution in [0.15, 0.2) is 53.4 Å². The number of morpholine rings is 1. The fourth-order valence-corrected chi connectivity index (χ4v) is 4.83. The quantitative estimate of drug-likeness (QED) is 0.512. The Morgan fingerprint density at radius 2 is 1.70 bits per heavy atom. The molecule has 0 saturated carbocycles. The molecule has 160 valence electrons. The van der Waals surface area contributed by atoms with Crippen molar-refractivity contribution in [2.45, 2.75) is 31.0 Å². The van der Waals surface area contributed by atoms with Crippen molar-refractivity contribution in [3.8, 4) is 0 Å². The Bertz CT molecular complexity index is 1030. The highest BCUT2D eigenvalue weighted by molar-refractivity contribution is 7.89. The van der Waals surface area contributed by atoms with Gasteiger partial charge >= 0.3 is 5.97 Å². The fourth-order valence-electron chi connectivity index (χ4n) is 3.19. The molecule has 3 rings (SSSR count). The van der Waals surface area contributed by atoms with Crippen LogP contribution >= 0.6 is 0 Å². The van der Waals surface area contributed by atoms with Crippen LogP contribution in [0.25, 0.3) is 0 Å². The molecule has 7 nitrogen and oxygen atoms in total. The molecule has 0 bridgehead atoms. The molecule has 1 heterocycles. The summed E-state index contributed by atoms with van der Waals surface area (Å²) in [6, 6.07) is 10.3. The van der Waals surface area contributed by atoms with E-state index in [0.29, 0.717) is 0 Å². The molecule has 2 aromatic rings. The minimum atomic E-state index is -3.82. The average Bonchev–Trinajstić information content (AvgIpc) is 2.71. The molecular weight excluding hydrogens is 413 g/mol. The third-order valence-corrected chi connectivity index (χ3v) is 6.42. The lowest BCUT2D eigenvalue weighted by Crippen LogP contribution is -2.48. The van der Waals surface area contributed by atoms with Crippen LogP contribution in [0.2, 0.25) is 0 Å². The van der Waals surface area contributed by atoms with Gasteiger partial charge in [-0.2, -0.15) is 4.31 Å². The lowest BCUT2D eigenvalue weighted by Gasteiger charge is -2.34. The molecule has 1 fully saturated rings. The maximum absolute atomic E-state index is 13.0. The second-order valence-corrected chi connectivity index (χ2v) is 9.05. The molecule has 0 unspecified atom stereocenters. The van der Waals surface area contributed by atoms with Gasteiger partial charge in [-0.15, -0.1) is 0 Å². The van der Waals surface area contributed by atoms with Gasteiger partial charge in [0.1, 0.15) is 5.82 Å². The van der Waals surface area contributed by atoms with E-state index in [-0.39, 0.29) is 41.3 Å². The van der Waals surface area contributed by atoms with E-state index in [4.69, 9.17) is 9.47 Å². The molecule has 0 amide bonds. The summed E-state index contributed by atoms with van der Waals surface area (Å²) in [4.78, 5) is 24.4.